The zero-order valence-electron chi connectivity index (χ0n) is 10.4. The third kappa shape index (κ3) is 5.10. The van der Waals surface area contributed by atoms with Gasteiger partial charge in [-0.25, -0.2) is 4.79 Å². The van der Waals surface area contributed by atoms with Crippen LogP contribution in [-0.2, 0) is 4.74 Å². The number of rotatable bonds is 2. The van der Waals surface area contributed by atoms with Gasteiger partial charge in [-0.15, -0.1) is 0 Å². The van der Waals surface area contributed by atoms with E-state index in [1.165, 1.54) is 0 Å². The van der Waals surface area contributed by atoms with E-state index in [0.29, 0.717) is 5.92 Å². The van der Waals surface area contributed by atoms with Gasteiger partial charge < -0.3 is 10.1 Å². The van der Waals surface area contributed by atoms with E-state index in [2.05, 4.69) is 19.2 Å². The predicted molar refractivity (Wildman–Crippen MR) is 58.3 cm³/mol. The largest absolute Gasteiger partial charge is 0.444 e. The Kier molecular flexibility index (Phi) is 3.98. The van der Waals surface area contributed by atoms with Crippen LogP contribution in [0.3, 0.4) is 0 Å². The van der Waals surface area contributed by atoms with Crippen LogP contribution < -0.4 is 5.32 Å². The molecule has 0 atom stereocenters. The van der Waals surface area contributed by atoms with E-state index in [4.69, 9.17) is 4.74 Å². The molecule has 0 aromatic heterocycles. The van der Waals surface area contributed by atoms with Crippen LogP contribution in [0.5, 0.6) is 0 Å². The monoisotopic (exact) mass is 201 g/mol. The third-order valence-electron chi connectivity index (χ3n) is 2.27. The molecule has 0 bridgehead atoms. The first-order valence-electron chi connectivity index (χ1n) is 5.06. The molecule has 0 aliphatic rings. The molecule has 14 heavy (non-hydrogen) atoms. The zero-order valence-corrected chi connectivity index (χ0v) is 10.4. The predicted octanol–water partition coefficient (Wildman–Crippen LogP) is 2.95. The Hall–Kier alpha value is -0.730. The molecule has 3 heteroatoms. The summed E-state index contributed by atoms with van der Waals surface area (Å²) >= 11 is 0. The van der Waals surface area contributed by atoms with Gasteiger partial charge in [-0.1, -0.05) is 13.8 Å². The van der Waals surface area contributed by atoms with Crippen molar-refractivity contribution < 1.29 is 9.53 Å². The Labute approximate surface area is 87.2 Å². The van der Waals surface area contributed by atoms with Crippen molar-refractivity contribution in [2.24, 2.45) is 5.92 Å². The smallest absolute Gasteiger partial charge is 0.408 e. The summed E-state index contributed by atoms with van der Waals surface area (Å²) in [7, 11) is 0. The Morgan fingerprint density at radius 2 is 1.57 bits per heavy atom. The van der Waals surface area contributed by atoms with Gasteiger partial charge in [0.15, 0.2) is 0 Å². The highest BCUT2D eigenvalue weighted by atomic mass is 16.6. The standard InChI is InChI=1S/C11H23NO2/c1-8(2)11(6,7)12-9(13)14-10(3,4)5/h8H,1-7H3,(H,12,13). The quantitative estimate of drug-likeness (QED) is 0.746. The van der Waals surface area contributed by atoms with Crippen molar-refractivity contribution in [2.45, 2.75) is 59.6 Å². The van der Waals surface area contributed by atoms with Gasteiger partial charge in [0.25, 0.3) is 0 Å². The Balaban J connectivity index is 4.20. The van der Waals surface area contributed by atoms with Crippen LogP contribution in [0.25, 0.3) is 0 Å². The summed E-state index contributed by atoms with van der Waals surface area (Å²) in [5.41, 5.74) is -0.667. The highest BCUT2D eigenvalue weighted by Crippen LogP contribution is 2.16. The fraction of sp³-hybridized carbons (Fsp3) is 0.909. The van der Waals surface area contributed by atoms with Crippen molar-refractivity contribution in [1.29, 1.82) is 0 Å². The molecule has 0 spiro atoms. The molecule has 0 saturated carbocycles. The molecule has 0 aliphatic carbocycles. The van der Waals surface area contributed by atoms with Crippen molar-refractivity contribution in [2.75, 3.05) is 0 Å². The second kappa shape index (κ2) is 4.20. The lowest BCUT2D eigenvalue weighted by Crippen LogP contribution is -2.49. The fourth-order valence-electron chi connectivity index (χ4n) is 0.711. The van der Waals surface area contributed by atoms with E-state index in [-0.39, 0.29) is 11.6 Å². The minimum absolute atomic E-state index is 0.234. The van der Waals surface area contributed by atoms with Crippen molar-refractivity contribution >= 4 is 6.09 Å². The van der Waals surface area contributed by atoms with Crippen molar-refractivity contribution in [3.63, 3.8) is 0 Å². The summed E-state index contributed by atoms with van der Waals surface area (Å²) in [6.45, 7) is 13.7. The highest BCUT2D eigenvalue weighted by molar-refractivity contribution is 5.68. The third-order valence-corrected chi connectivity index (χ3v) is 2.27. The number of alkyl carbamates (subject to hydrolysis) is 1. The number of hydrogen-bond acceptors (Lipinski definition) is 2. The number of ether oxygens (including phenoxy) is 1. The van der Waals surface area contributed by atoms with Crippen molar-refractivity contribution in [3.8, 4) is 0 Å². The first-order valence-corrected chi connectivity index (χ1v) is 5.06. The maximum atomic E-state index is 11.4. The molecule has 0 aromatic carbocycles. The van der Waals surface area contributed by atoms with Gasteiger partial charge in [0, 0.05) is 5.54 Å². The molecule has 1 N–H and O–H groups in total. The molecular formula is C11H23NO2. The number of hydrogen-bond donors (Lipinski definition) is 1. The average Bonchev–Trinajstić information content (AvgIpc) is 1.79. The summed E-state index contributed by atoms with van der Waals surface area (Å²) in [5, 5.41) is 2.85. The van der Waals surface area contributed by atoms with Crippen LogP contribution >= 0.6 is 0 Å². The normalized spacial score (nSPS) is 12.9. The van der Waals surface area contributed by atoms with E-state index in [9.17, 15) is 4.79 Å². The minimum Gasteiger partial charge on any atom is -0.444 e. The van der Waals surface area contributed by atoms with E-state index in [1.54, 1.807) is 0 Å². The summed E-state index contributed by atoms with van der Waals surface area (Å²) in [6, 6.07) is 0. The van der Waals surface area contributed by atoms with Gasteiger partial charge in [0.05, 0.1) is 0 Å². The van der Waals surface area contributed by atoms with Gasteiger partial charge in [-0.2, -0.15) is 0 Å². The average molecular weight is 201 g/mol. The Bertz CT molecular complexity index is 202. The lowest BCUT2D eigenvalue weighted by Gasteiger charge is -2.31. The fourth-order valence-corrected chi connectivity index (χ4v) is 0.711. The van der Waals surface area contributed by atoms with Crippen LogP contribution in [0.1, 0.15) is 48.5 Å². The molecule has 84 valence electrons. The molecule has 0 unspecified atom stereocenters. The van der Waals surface area contributed by atoms with E-state index < -0.39 is 5.60 Å². The van der Waals surface area contributed by atoms with Crippen LogP contribution in [0.4, 0.5) is 4.79 Å². The molecule has 0 saturated heterocycles. The van der Waals surface area contributed by atoms with Gasteiger partial charge in [0.2, 0.25) is 0 Å². The number of nitrogens with one attached hydrogen (secondary N) is 1. The lowest BCUT2D eigenvalue weighted by molar-refractivity contribution is 0.0446. The van der Waals surface area contributed by atoms with Crippen molar-refractivity contribution in [3.05, 3.63) is 0 Å². The lowest BCUT2D eigenvalue weighted by atomic mass is 9.91. The van der Waals surface area contributed by atoms with Crippen LogP contribution in [0.2, 0.25) is 0 Å². The topological polar surface area (TPSA) is 38.3 Å². The Morgan fingerprint density at radius 3 is 1.86 bits per heavy atom. The molecule has 0 rings (SSSR count). The second-order valence-corrected chi connectivity index (χ2v) is 5.50. The van der Waals surface area contributed by atoms with Crippen molar-refractivity contribution in [1.82, 2.24) is 5.32 Å². The van der Waals surface area contributed by atoms with Gasteiger partial charge in [0.1, 0.15) is 5.60 Å². The highest BCUT2D eigenvalue weighted by Gasteiger charge is 2.27. The molecule has 3 nitrogen and oxygen atoms in total. The van der Waals surface area contributed by atoms with E-state index in [1.807, 2.05) is 34.6 Å². The summed E-state index contributed by atoms with van der Waals surface area (Å²) in [5.74, 6) is 0.370. The molecule has 0 aromatic rings. The molecule has 0 fully saturated rings. The Morgan fingerprint density at radius 1 is 1.14 bits per heavy atom. The van der Waals surface area contributed by atoms with Crippen LogP contribution in [-0.4, -0.2) is 17.2 Å². The van der Waals surface area contributed by atoms with E-state index >= 15 is 0 Å². The molecule has 0 radical (unpaired) electrons. The maximum absolute atomic E-state index is 11.4. The van der Waals surface area contributed by atoms with Gasteiger partial charge in [-0.05, 0) is 40.5 Å². The van der Waals surface area contributed by atoms with Crippen LogP contribution in [0, 0.1) is 5.92 Å². The first kappa shape index (κ1) is 13.3. The first-order chi connectivity index (χ1) is 6.04. The molecule has 0 heterocycles. The van der Waals surface area contributed by atoms with Gasteiger partial charge in [-0.3, -0.25) is 0 Å². The second-order valence-electron chi connectivity index (χ2n) is 5.50. The molecule has 1 amide bonds. The minimum atomic E-state index is -0.433. The summed E-state index contributed by atoms with van der Waals surface area (Å²) in [6.07, 6.45) is -0.351. The van der Waals surface area contributed by atoms with Crippen LogP contribution in [0.15, 0.2) is 0 Å². The summed E-state index contributed by atoms with van der Waals surface area (Å²) in [4.78, 5) is 11.4. The zero-order chi connectivity index (χ0) is 11.6. The number of carbonyl (C=O) groups excluding carboxylic acids is 1. The summed E-state index contributed by atoms with van der Waals surface area (Å²) < 4.78 is 5.17. The molecular weight excluding hydrogens is 178 g/mol. The molecule has 0 aliphatic heterocycles. The number of carbonyl (C=O) groups is 1. The number of amides is 1. The maximum Gasteiger partial charge on any atom is 0.408 e. The van der Waals surface area contributed by atoms with E-state index in [0.717, 1.165) is 0 Å². The van der Waals surface area contributed by atoms with Gasteiger partial charge >= 0.3 is 6.09 Å². The SMILES string of the molecule is CC(C)C(C)(C)NC(=O)OC(C)(C)C.